The summed E-state index contributed by atoms with van der Waals surface area (Å²) in [4.78, 5) is 13.9. The topological polar surface area (TPSA) is 40.5 Å². The van der Waals surface area contributed by atoms with Crippen molar-refractivity contribution in [3.8, 4) is 0 Å². The first-order valence-electron chi connectivity index (χ1n) is 6.82. The first-order chi connectivity index (χ1) is 10.1. The summed E-state index contributed by atoms with van der Waals surface area (Å²) in [6.45, 7) is 2.12. The summed E-state index contributed by atoms with van der Waals surface area (Å²) in [5.41, 5.74) is 1.73. The maximum Gasteiger partial charge on any atom is 0.257 e. The number of benzene rings is 2. The van der Waals surface area contributed by atoms with Crippen LogP contribution >= 0.6 is 0 Å². The van der Waals surface area contributed by atoms with E-state index in [1.54, 1.807) is 13.0 Å². The maximum absolute atomic E-state index is 13.9. The van der Waals surface area contributed by atoms with Gasteiger partial charge in [0.25, 0.3) is 5.91 Å². The van der Waals surface area contributed by atoms with Crippen molar-refractivity contribution in [3.05, 3.63) is 71.0 Å². The van der Waals surface area contributed by atoms with Gasteiger partial charge in [0.1, 0.15) is 5.82 Å². The van der Waals surface area contributed by atoms with Crippen LogP contribution in [0.25, 0.3) is 0 Å². The largest absolute Gasteiger partial charge is 0.395 e. The molecule has 21 heavy (non-hydrogen) atoms. The summed E-state index contributed by atoms with van der Waals surface area (Å²) in [6, 6.07) is 14.0. The summed E-state index contributed by atoms with van der Waals surface area (Å²) in [5, 5.41) is 9.14. The molecule has 1 N–H and O–H groups in total. The highest BCUT2D eigenvalue weighted by molar-refractivity contribution is 5.94. The van der Waals surface area contributed by atoms with Gasteiger partial charge >= 0.3 is 0 Å². The van der Waals surface area contributed by atoms with Crippen LogP contribution in [0.3, 0.4) is 0 Å². The Kier molecular flexibility index (Phi) is 5.06. The number of amides is 1. The van der Waals surface area contributed by atoms with Crippen molar-refractivity contribution >= 4 is 5.91 Å². The molecule has 0 saturated carbocycles. The number of rotatable bonds is 5. The molecule has 1 amide bonds. The summed E-state index contributed by atoms with van der Waals surface area (Å²) in [6.07, 6.45) is 0. The predicted octanol–water partition coefficient (Wildman–Crippen LogP) is 2.77. The molecule has 0 aromatic heterocycles. The van der Waals surface area contributed by atoms with Crippen LogP contribution in [0.5, 0.6) is 0 Å². The Morgan fingerprint density at radius 3 is 2.52 bits per heavy atom. The van der Waals surface area contributed by atoms with Gasteiger partial charge in [-0.05, 0) is 30.2 Å². The smallest absolute Gasteiger partial charge is 0.257 e. The molecule has 0 aliphatic rings. The van der Waals surface area contributed by atoms with E-state index in [-0.39, 0.29) is 18.7 Å². The lowest BCUT2D eigenvalue weighted by Gasteiger charge is -2.22. The van der Waals surface area contributed by atoms with Crippen LogP contribution in [0.15, 0.2) is 48.5 Å². The molecule has 0 saturated heterocycles. The van der Waals surface area contributed by atoms with E-state index < -0.39 is 11.7 Å². The fourth-order valence-electron chi connectivity index (χ4n) is 2.14. The second-order valence-electron chi connectivity index (χ2n) is 4.92. The fraction of sp³-hybridized carbons (Fsp3) is 0.235. The third-order valence-corrected chi connectivity index (χ3v) is 3.23. The van der Waals surface area contributed by atoms with Gasteiger partial charge in [-0.3, -0.25) is 4.79 Å². The van der Waals surface area contributed by atoms with Gasteiger partial charge in [-0.2, -0.15) is 0 Å². The summed E-state index contributed by atoms with van der Waals surface area (Å²) >= 11 is 0. The lowest BCUT2D eigenvalue weighted by Crippen LogP contribution is -2.33. The molecule has 0 aliphatic carbocycles. The number of hydrogen-bond acceptors (Lipinski definition) is 2. The molecule has 110 valence electrons. The monoisotopic (exact) mass is 287 g/mol. The first kappa shape index (κ1) is 15.2. The van der Waals surface area contributed by atoms with Gasteiger partial charge in [-0.1, -0.05) is 36.4 Å². The highest BCUT2D eigenvalue weighted by atomic mass is 19.1. The van der Waals surface area contributed by atoms with Crippen molar-refractivity contribution in [1.82, 2.24) is 4.90 Å². The second kappa shape index (κ2) is 6.99. The molecule has 0 heterocycles. The molecule has 0 radical (unpaired) electrons. The van der Waals surface area contributed by atoms with E-state index in [0.717, 1.165) is 11.1 Å². The van der Waals surface area contributed by atoms with Crippen molar-refractivity contribution in [2.24, 2.45) is 0 Å². The van der Waals surface area contributed by atoms with Gasteiger partial charge in [-0.25, -0.2) is 4.39 Å². The molecule has 2 aromatic carbocycles. The number of aliphatic hydroxyl groups excluding tert-OH is 1. The van der Waals surface area contributed by atoms with E-state index in [1.807, 2.05) is 30.3 Å². The molecule has 0 aliphatic heterocycles. The third-order valence-electron chi connectivity index (χ3n) is 3.23. The summed E-state index contributed by atoms with van der Waals surface area (Å²) in [7, 11) is 0. The molecule has 0 fully saturated rings. The van der Waals surface area contributed by atoms with E-state index in [2.05, 4.69) is 0 Å². The van der Waals surface area contributed by atoms with Crippen LogP contribution in [0.1, 0.15) is 21.5 Å². The van der Waals surface area contributed by atoms with Gasteiger partial charge in [0.15, 0.2) is 0 Å². The first-order valence-corrected chi connectivity index (χ1v) is 6.82. The van der Waals surface area contributed by atoms with E-state index in [9.17, 15) is 9.18 Å². The normalized spacial score (nSPS) is 10.4. The predicted molar refractivity (Wildman–Crippen MR) is 79.4 cm³/mol. The van der Waals surface area contributed by atoms with Crippen molar-refractivity contribution in [1.29, 1.82) is 0 Å². The Morgan fingerprint density at radius 2 is 1.90 bits per heavy atom. The van der Waals surface area contributed by atoms with Crippen LogP contribution in [0.4, 0.5) is 4.39 Å². The van der Waals surface area contributed by atoms with Crippen LogP contribution in [-0.4, -0.2) is 29.1 Å². The van der Waals surface area contributed by atoms with Crippen LogP contribution in [0, 0.1) is 12.7 Å². The quantitative estimate of drug-likeness (QED) is 0.918. The van der Waals surface area contributed by atoms with E-state index in [4.69, 9.17) is 5.11 Å². The van der Waals surface area contributed by atoms with E-state index in [1.165, 1.54) is 17.0 Å². The van der Waals surface area contributed by atoms with Crippen molar-refractivity contribution in [2.45, 2.75) is 13.5 Å². The minimum atomic E-state index is -0.531. The van der Waals surface area contributed by atoms with Crippen LogP contribution in [0.2, 0.25) is 0 Å². The van der Waals surface area contributed by atoms with Crippen molar-refractivity contribution in [2.75, 3.05) is 13.2 Å². The number of halogens is 1. The molecule has 0 unspecified atom stereocenters. The Bertz CT molecular complexity index is 613. The standard InChI is InChI=1S/C17H18FNO2/c1-13-7-8-15(16(18)11-13)17(21)19(9-10-20)12-14-5-3-2-4-6-14/h2-8,11,20H,9-10,12H2,1H3. The lowest BCUT2D eigenvalue weighted by atomic mass is 10.1. The number of nitrogens with zero attached hydrogens (tertiary/aromatic N) is 1. The minimum absolute atomic E-state index is 0.0324. The van der Waals surface area contributed by atoms with Gasteiger partial charge in [0, 0.05) is 13.1 Å². The Hall–Kier alpha value is -2.20. The average Bonchev–Trinajstić information content (AvgIpc) is 2.47. The number of aryl methyl sites for hydroxylation is 1. The number of carbonyl (C=O) groups is 1. The number of carbonyl (C=O) groups excluding carboxylic acids is 1. The number of hydrogen-bond donors (Lipinski definition) is 1. The van der Waals surface area contributed by atoms with Gasteiger partial charge in [0.05, 0.1) is 12.2 Å². The van der Waals surface area contributed by atoms with Crippen molar-refractivity contribution < 1.29 is 14.3 Å². The fourth-order valence-corrected chi connectivity index (χ4v) is 2.14. The zero-order valence-corrected chi connectivity index (χ0v) is 11.9. The zero-order valence-electron chi connectivity index (χ0n) is 11.9. The Labute approximate surface area is 123 Å². The van der Waals surface area contributed by atoms with Crippen LogP contribution < -0.4 is 0 Å². The molecule has 3 nitrogen and oxygen atoms in total. The molecule has 0 spiro atoms. The highest BCUT2D eigenvalue weighted by Gasteiger charge is 2.19. The molecular formula is C17H18FNO2. The molecular weight excluding hydrogens is 269 g/mol. The molecule has 2 aromatic rings. The van der Waals surface area contributed by atoms with Gasteiger partial charge in [-0.15, -0.1) is 0 Å². The molecule has 4 heteroatoms. The lowest BCUT2D eigenvalue weighted by molar-refractivity contribution is 0.0703. The Balaban J connectivity index is 2.23. The average molecular weight is 287 g/mol. The van der Waals surface area contributed by atoms with Crippen molar-refractivity contribution in [3.63, 3.8) is 0 Å². The molecule has 0 bridgehead atoms. The van der Waals surface area contributed by atoms with Gasteiger partial charge < -0.3 is 10.0 Å². The summed E-state index contributed by atoms with van der Waals surface area (Å²) < 4.78 is 13.9. The number of aliphatic hydroxyl groups is 1. The maximum atomic E-state index is 13.9. The zero-order chi connectivity index (χ0) is 15.2. The van der Waals surface area contributed by atoms with E-state index >= 15 is 0 Å². The van der Waals surface area contributed by atoms with Crippen LogP contribution in [-0.2, 0) is 6.54 Å². The second-order valence-corrected chi connectivity index (χ2v) is 4.92. The minimum Gasteiger partial charge on any atom is -0.395 e. The SMILES string of the molecule is Cc1ccc(C(=O)N(CCO)Cc2ccccc2)c(F)c1. The highest BCUT2D eigenvalue weighted by Crippen LogP contribution is 2.14. The third kappa shape index (κ3) is 3.89. The molecule has 0 atom stereocenters. The van der Waals surface area contributed by atoms with E-state index in [0.29, 0.717) is 6.54 Å². The molecule has 2 rings (SSSR count). The van der Waals surface area contributed by atoms with Gasteiger partial charge in [0.2, 0.25) is 0 Å². The summed E-state index contributed by atoms with van der Waals surface area (Å²) in [5.74, 6) is -0.943. The Morgan fingerprint density at radius 1 is 1.19 bits per heavy atom.